The van der Waals surface area contributed by atoms with Crippen molar-refractivity contribution in [3.63, 3.8) is 0 Å². The first-order valence-electron chi connectivity index (χ1n) is 6.25. The summed E-state index contributed by atoms with van der Waals surface area (Å²) in [4.78, 5) is 12.4. The van der Waals surface area contributed by atoms with E-state index in [2.05, 4.69) is 23.5 Å². The van der Waals surface area contributed by atoms with E-state index in [0.29, 0.717) is 10.8 Å². The number of nitrogens with zero attached hydrogens (tertiary/aromatic N) is 1. The largest absolute Gasteiger partial charge is 0.321 e. The molecule has 1 aromatic heterocycles. The molecule has 3 nitrogen and oxygen atoms in total. The summed E-state index contributed by atoms with van der Waals surface area (Å²) in [6, 6.07) is 7.81. The standard InChI is InChI=1S/C14H14Cl2N2OS/c1-3-8(2)9-4-6-10(7-5-9)17-14(19)12-11(15)13(16)18-20-12/h4-8H,3H2,1-2H3,(H,17,19). The molecule has 0 saturated carbocycles. The summed E-state index contributed by atoms with van der Waals surface area (Å²) in [6.07, 6.45) is 1.08. The maximum absolute atomic E-state index is 12.0. The van der Waals surface area contributed by atoms with E-state index < -0.39 is 0 Å². The predicted octanol–water partition coefficient (Wildman–Crippen LogP) is 5.22. The van der Waals surface area contributed by atoms with E-state index in [4.69, 9.17) is 23.2 Å². The average molecular weight is 329 g/mol. The smallest absolute Gasteiger partial charge is 0.268 e. The Hall–Kier alpha value is -1.10. The van der Waals surface area contributed by atoms with Crippen LogP contribution in [0.1, 0.15) is 41.4 Å². The first-order chi connectivity index (χ1) is 9.52. The molecule has 106 valence electrons. The van der Waals surface area contributed by atoms with E-state index in [9.17, 15) is 4.79 Å². The minimum atomic E-state index is -0.296. The highest BCUT2D eigenvalue weighted by Gasteiger charge is 2.17. The highest BCUT2D eigenvalue weighted by atomic mass is 35.5. The van der Waals surface area contributed by atoms with Crippen LogP contribution >= 0.6 is 34.7 Å². The molecule has 0 aliphatic rings. The third kappa shape index (κ3) is 3.32. The summed E-state index contributed by atoms with van der Waals surface area (Å²) >= 11 is 12.6. The van der Waals surface area contributed by atoms with Gasteiger partial charge in [0.25, 0.3) is 5.91 Å². The number of amides is 1. The number of aromatic nitrogens is 1. The van der Waals surface area contributed by atoms with Crippen molar-refractivity contribution in [1.82, 2.24) is 4.37 Å². The van der Waals surface area contributed by atoms with Gasteiger partial charge in [-0.1, -0.05) is 49.2 Å². The lowest BCUT2D eigenvalue weighted by Crippen LogP contribution is -2.10. The Morgan fingerprint density at radius 1 is 1.35 bits per heavy atom. The number of carbonyl (C=O) groups is 1. The van der Waals surface area contributed by atoms with Crippen LogP contribution in [-0.2, 0) is 0 Å². The summed E-state index contributed by atoms with van der Waals surface area (Å²) in [5, 5.41) is 3.15. The normalized spacial score (nSPS) is 12.2. The Labute approximate surface area is 132 Å². The number of rotatable bonds is 4. The van der Waals surface area contributed by atoms with Gasteiger partial charge in [-0.3, -0.25) is 4.79 Å². The van der Waals surface area contributed by atoms with E-state index in [-0.39, 0.29) is 16.1 Å². The Morgan fingerprint density at radius 3 is 2.50 bits per heavy atom. The van der Waals surface area contributed by atoms with Gasteiger partial charge in [0, 0.05) is 5.69 Å². The van der Waals surface area contributed by atoms with E-state index >= 15 is 0 Å². The van der Waals surface area contributed by atoms with Crippen LogP contribution in [0.2, 0.25) is 10.2 Å². The predicted molar refractivity (Wildman–Crippen MR) is 85.2 cm³/mol. The van der Waals surface area contributed by atoms with E-state index in [1.807, 2.05) is 24.3 Å². The third-order valence-electron chi connectivity index (χ3n) is 3.15. The molecule has 0 fully saturated rings. The van der Waals surface area contributed by atoms with Crippen molar-refractivity contribution in [2.24, 2.45) is 0 Å². The number of nitrogens with one attached hydrogen (secondary N) is 1. The number of carbonyl (C=O) groups excluding carboxylic acids is 1. The molecule has 1 unspecified atom stereocenters. The van der Waals surface area contributed by atoms with Crippen LogP contribution in [0.3, 0.4) is 0 Å². The molecule has 0 spiro atoms. The maximum atomic E-state index is 12.0. The van der Waals surface area contributed by atoms with E-state index in [1.165, 1.54) is 5.56 Å². The van der Waals surface area contributed by atoms with Gasteiger partial charge in [-0.15, -0.1) is 0 Å². The first-order valence-corrected chi connectivity index (χ1v) is 7.77. The number of hydrogen-bond acceptors (Lipinski definition) is 3. The molecule has 0 radical (unpaired) electrons. The zero-order chi connectivity index (χ0) is 14.7. The van der Waals surface area contributed by atoms with Gasteiger partial charge in [0.2, 0.25) is 0 Å². The van der Waals surface area contributed by atoms with Crippen LogP contribution in [0.25, 0.3) is 0 Å². The topological polar surface area (TPSA) is 42.0 Å². The van der Waals surface area contributed by atoms with Crippen molar-refractivity contribution in [1.29, 1.82) is 0 Å². The van der Waals surface area contributed by atoms with Crippen molar-refractivity contribution in [2.45, 2.75) is 26.2 Å². The molecule has 1 heterocycles. The molecule has 2 rings (SSSR count). The third-order valence-corrected chi connectivity index (χ3v) is 4.95. The van der Waals surface area contributed by atoms with Crippen LogP contribution in [0, 0.1) is 0 Å². The fraction of sp³-hybridized carbons (Fsp3) is 0.286. The second-order valence-electron chi connectivity index (χ2n) is 4.50. The van der Waals surface area contributed by atoms with Gasteiger partial charge < -0.3 is 5.32 Å². The molecule has 2 aromatic rings. The molecule has 1 amide bonds. The van der Waals surface area contributed by atoms with E-state index in [0.717, 1.165) is 23.6 Å². The Kier molecular flexibility index (Phi) is 5.02. The minimum absolute atomic E-state index is 0.161. The number of benzene rings is 1. The Bertz CT molecular complexity index is 610. The molecule has 0 aliphatic heterocycles. The number of halogens is 2. The highest BCUT2D eigenvalue weighted by Crippen LogP contribution is 2.29. The lowest BCUT2D eigenvalue weighted by Gasteiger charge is -2.10. The molecular weight excluding hydrogens is 315 g/mol. The monoisotopic (exact) mass is 328 g/mol. The van der Waals surface area contributed by atoms with Crippen molar-refractivity contribution in [3.05, 3.63) is 44.9 Å². The van der Waals surface area contributed by atoms with Gasteiger partial charge in [0.05, 0.1) is 0 Å². The second kappa shape index (κ2) is 6.57. The SMILES string of the molecule is CCC(C)c1ccc(NC(=O)c2snc(Cl)c2Cl)cc1. The molecular formula is C14H14Cl2N2OS. The quantitative estimate of drug-likeness (QED) is 0.836. The van der Waals surface area contributed by atoms with Crippen molar-refractivity contribution < 1.29 is 4.79 Å². The Morgan fingerprint density at radius 2 is 2.00 bits per heavy atom. The van der Waals surface area contributed by atoms with Crippen LogP contribution in [0.5, 0.6) is 0 Å². The van der Waals surface area contributed by atoms with Gasteiger partial charge in [-0.25, -0.2) is 0 Å². The first kappa shape index (κ1) is 15.3. The fourth-order valence-corrected chi connectivity index (χ4v) is 2.83. The summed E-state index contributed by atoms with van der Waals surface area (Å²) in [6.45, 7) is 4.32. The minimum Gasteiger partial charge on any atom is -0.321 e. The van der Waals surface area contributed by atoms with Crippen molar-refractivity contribution in [2.75, 3.05) is 5.32 Å². The number of anilines is 1. The van der Waals surface area contributed by atoms with Crippen molar-refractivity contribution >= 4 is 46.3 Å². The summed E-state index contributed by atoms with van der Waals surface area (Å²) in [7, 11) is 0. The lowest BCUT2D eigenvalue weighted by molar-refractivity contribution is 0.103. The zero-order valence-electron chi connectivity index (χ0n) is 11.1. The van der Waals surface area contributed by atoms with Crippen LogP contribution < -0.4 is 5.32 Å². The lowest BCUT2D eigenvalue weighted by atomic mass is 9.99. The van der Waals surface area contributed by atoms with Crippen molar-refractivity contribution in [3.8, 4) is 0 Å². The molecule has 0 bridgehead atoms. The maximum Gasteiger partial charge on any atom is 0.268 e. The molecule has 20 heavy (non-hydrogen) atoms. The van der Waals surface area contributed by atoms with E-state index in [1.54, 1.807) is 0 Å². The van der Waals surface area contributed by atoms with Gasteiger partial charge >= 0.3 is 0 Å². The number of hydrogen-bond donors (Lipinski definition) is 1. The summed E-state index contributed by atoms with van der Waals surface area (Å²) in [5.41, 5.74) is 1.98. The summed E-state index contributed by atoms with van der Waals surface area (Å²) < 4.78 is 3.84. The second-order valence-corrected chi connectivity index (χ2v) is 6.01. The average Bonchev–Trinajstić information content (AvgIpc) is 2.79. The van der Waals surface area contributed by atoms with Gasteiger partial charge in [-0.05, 0) is 41.6 Å². The Balaban J connectivity index is 2.10. The molecule has 1 N–H and O–H groups in total. The van der Waals surface area contributed by atoms with Crippen LogP contribution in [0.4, 0.5) is 5.69 Å². The molecule has 0 aliphatic carbocycles. The van der Waals surface area contributed by atoms with Gasteiger partial charge in [-0.2, -0.15) is 4.37 Å². The van der Waals surface area contributed by atoms with Crippen LogP contribution in [0.15, 0.2) is 24.3 Å². The zero-order valence-corrected chi connectivity index (χ0v) is 13.4. The van der Waals surface area contributed by atoms with Crippen LogP contribution in [-0.4, -0.2) is 10.3 Å². The fourth-order valence-electron chi connectivity index (χ4n) is 1.72. The summed E-state index contributed by atoms with van der Waals surface area (Å²) in [5.74, 6) is 0.213. The highest BCUT2D eigenvalue weighted by molar-refractivity contribution is 7.09. The van der Waals surface area contributed by atoms with Gasteiger partial charge in [0.15, 0.2) is 5.15 Å². The molecule has 1 aromatic carbocycles. The van der Waals surface area contributed by atoms with Gasteiger partial charge in [0.1, 0.15) is 9.90 Å². The molecule has 1 atom stereocenters. The molecule has 0 saturated heterocycles. The molecule has 6 heteroatoms.